The molecule has 2 saturated heterocycles. The van der Waals surface area contributed by atoms with Crippen LogP contribution in [0.5, 0.6) is 0 Å². The molecule has 2 heterocycles. The number of carbonyl (C=O) groups is 7. The summed E-state index contributed by atoms with van der Waals surface area (Å²) in [6.45, 7) is 8.00. The van der Waals surface area contributed by atoms with E-state index in [4.69, 9.17) is 9.47 Å². The number of aliphatic hydroxyl groups excluding tert-OH is 1. The van der Waals surface area contributed by atoms with Crippen molar-refractivity contribution >= 4 is 41.5 Å². The van der Waals surface area contributed by atoms with Crippen LogP contribution in [0.4, 0.5) is 0 Å². The Balaban J connectivity index is 1.82. The summed E-state index contributed by atoms with van der Waals surface area (Å²) in [6.07, 6.45) is 0.525. The Morgan fingerprint density at radius 1 is 0.935 bits per heavy atom. The lowest BCUT2D eigenvalue weighted by atomic mass is 10.00. The molecule has 1 saturated carbocycles. The molecule has 1 aliphatic carbocycles. The third-order valence-corrected chi connectivity index (χ3v) is 8.42. The topological polar surface area (TPSA) is 230 Å². The molecule has 0 aromatic rings. The molecule has 5 amide bonds. The summed E-state index contributed by atoms with van der Waals surface area (Å²) in [7, 11) is 0. The average Bonchev–Trinajstić information content (AvgIpc) is 3.69. The molecule has 3 aliphatic rings. The van der Waals surface area contributed by atoms with E-state index in [0.29, 0.717) is 6.42 Å². The van der Waals surface area contributed by atoms with Gasteiger partial charge in [-0.2, -0.15) is 0 Å². The maximum atomic E-state index is 14.1. The van der Waals surface area contributed by atoms with Gasteiger partial charge >= 0.3 is 11.9 Å². The molecule has 3 rings (SSSR count). The fraction of sp³-hybridized carbons (Fsp3) is 0.767. The minimum Gasteiger partial charge on any atom is -0.481 e. The van der Waals surface area contributed by atoms with Crippen LogP contribution < -0.4 is 21.3 Å². The van der Waals surface area contributed by atoms with Gasteiger partial charge in [-0.3, -0.25) is 33.6 Å². The van der Waals surface area contributed by atoms with Crippen molar-refractivity contribution in [3.05, 3.63) is 0 Å². The van der Waals surface area contributed by atoms with Gasteiger partial charge in [-0.1, -0.05) is 40.5 Å². The van der Waals surface area contributed by atoms with Gasteiger partial charge in [0.25, 0.3) is 0 Å². The number of hydrogen-bond acceptors (Lipinski definition) is 10. The van der Waals surface area contributed by atoms with Crippen LogP contribution in [0.25, 0.3) is 0 Å². The monoisotopic (exact) mass is 653 g/mol. The Bertz CT molecular complexity index is 1170. The molecule has 6 N–H and O–H groups in total. The van der Waals surface area contributed by atoms with Crippen LogP contribution >= 0.6 is 0 Å². The highest BCUT2D eigenvalue weighted by Crippen LogP contribution is 2.30. The third kappa shape index (κ3) is 9.61. The minimum absolute atomic E-state index is 0.0922. The Labute approximate surface area is 267 Å². The number of esters is 1. The molecule has 2 aliphatic heterocycles. The van der Waals surface area contributed by atoms with E-state index in [9.17, 15) is 43.8 Å². The van der Waals surface area contributed by atoms with Crippen LogP contribution in [0.1, 0.15) is 79.6 Å². The lowest BCUT2D eigenvalue weighted by Crippen LogP contribution is -2.61. The summed E-state index contributed by atoms with van der Waals surface area (Å²) >= 11 is 0. The van der Waals surface area contributed by atoms with Crippen molar-refractivity contribution in [2.45, 2.75) is 128 Å². The van der Waals surface area contributed by atoms with Gasteiger partial charge in [0.15, 0.2) is 0 Å². The summed E-state index contributed by atoms with van der Waals surface area (Å²) in [4.78, 5) is 90.3. The number of carboxylic acid groups (broad SMARTS) is 1. The van der Waals surface area contributed by atoms with E-state index >= 15 is 0 Å². The SMILES string of the molecule is CC(=O)N[C@H](C(=O)N[C@@H](CC(=O)O)C(=O)N[C@H](C(=O)N1CC[C@H](OC2CCCC2)[C@H]1C(=O)N[C@H]1CC(=O)OC1O)C(C)C)C(C)C. The fourth-order valence-corrected chi connectivity index (χ4v) is 6.02. The Hall–Kier alpha value is -3.79. The van der Waals surface area contributed by atoms with Gasteiger partial charge in [0.1, 0.15) is 30.2 Å². The Morgan fingerprint density at radius 2 is 1.57 bits per heavy atom. The fourth-order valence-electron chi connectivity index (χ4n) is 6.02. The summed E-state index contributed by atoms with van der Waals surface area (Å²) in [5.74, 6) is -6.43. The third-order valence-electron chi connectivity index (χ3n) is 8.42. The first-order valence-electron chi connectivity index (χ1n) is 15.8. The van der Waals surface area contributed by atoms with E-state index in [1.807, 2.05) is 0 Å². The Kier molecular flexibility index (Phi) is 12.9. The van der Waals surface area contributed by atoms with Gasteiger partial charge in [0.2, 0.25) is 35.8 Å². The van der Waals surface area contributed by atoms with Crippen molar-refractivity contribution in [3.63, 3.8) is 0 Å². The first-order chi connectivity index (χ1) is 21.6. The quantitative estimate of drug-likeness (QED) is 0.124. The highest BCUT2D eigenvalue weighted by molar-refractivity contribution is 5.97. The largest absolute Gasteiger partial charge is 0.481 e. The van der Waals surface area contributed by atoms with E-state index in [2.05, 4.69) is 21.3 Å². The van der Waals surface area contributed by atoms with Crippen molar-refractivity contribution in [1.29, 1.82) is 0 Å². The molecule has 0 spiro atoms. The molecule has 0 bridgehead atoms. The number of cyclic esters (lactones) is 1. The number of ether oxygens (including phenoxy) is 2. The second-order valence-electron chi connectivity index (χ2n) is 12.9. The van der Waals surface area contributed by atoms with Gasteiger partial charge < -0.3 is 45.9 Å². The van der Waals surface area contributed by atoms with Crippen LogP contribution in [0, 0.1) is 11.8 Å². The zero-order valence-electron chi connectivity index (χ0n) is 26.9. The zero-order chi connectivity index (χ0) is 34.3. The van der Waals surface area contributed by atoms with Crippen molar-refractivity contribution in [3.8, 4) is 0 Å². The summed E-state index contributed by atoms with van der Waals surface area (Å²) in [5.41, 5.74) is 0. The molecule has 0 aromatic carbocycles. The standard InChI is InChI=1S/C30H47N5O11/c1-14(2)23(31-16(5)36)27(41)32-18(12-21(37)38)26(40)34-24(15(3)4)29(43)35-11-10-20(45-17-8-6-7-9-17)25(35)28(42)33-19-13-22(39)46-30(19)44/h14-15,17-20,23-25,30,44H,6-13H2,1-5H3,(H,31,36)(H,32,41)(H,33,42)(H,34,40)(H,37,38)/t18-,19-,20-,23-,24-,25-,30?/m0/s1. The number of likely N-dealkylation sites (tertiary alicyclic amines) is 1. The smallest absolute Gasteiger partial charge is 0.310 e. The van der Waals surface area contributed by atoms with Crippen LogP contribution in [0.3, 0.4) is 0 Å². The number of nitrogens with one attached hydrogen (secondary N) is 4. The van der Waals surface area contributed by atoms with Gasteiger partial charge in [-0.15, -0.1) is 0 Å². The van der Waals surface area contributed by atoms with Crippen molar-refractivity contribution < 1.29 is 53.2 Å². The van der Waals surface area contributed by atoms with Crippen molar-refractivity contribution in [1.82, 2.24) is 26.2 Å². The van der Waals surface area contributed by atoms with Crippen LogP contribution in [0.15, 0.2) is 0 Å². The molecule has 3 fully saturated rings. The lowest BCUT2D eigenvalue weighted by Gasteiger charge is -2.34. The highest BCUT2D eigenvalue weighted by atomic mass is 16.6. The number of amides is 5. The highest BCUT2D eigenvalue weighted by Gasteiger charge is 2.48. The van der Waals surface area contributed by atoms with Gasteiger partial charge in [0.05, 0.1) is 25.0 Å². The van der Waals surface area contributed by atoms with E-state index in [1.165, 1.54) is 11.8 Å². The molecule has 1 unspecified atom stereocenters. The van der Waals surface area contributed by atoms with Gasteiger partial charge in [-0.05, 0) is 31.1 Å². The first kappa shape index (κ1) is 36.7. The van der Waals surface area contributed by atoms with E-state index in [-0.39, 0.29) is 25.0 Å². The molecular weight excluding hydrogens is 606 g/mol. The Morgan fingerprint density at radius 3 is 2.09 bits per heavy atom. The maximum Gasteiger partial charge on any atom is 0.310 e. The number of aliphatic hydroxyl groups is 1. The maximum absolute atomic E-state index is 14.1. The predicted molar refractivity (Wildman–Crippen MR) is 159 cm³/mol. The molecule has 46 heavy (non-hydrogen) atoms. The molecule has 0 radical (unpaired) electrons. The summed E-state index contributed by atoms with van der Waals surface area (Å²) < 4.78 is 11.0. The van der Waals surface area contributed by atoms with E-state index in [0.717, 1.165) is 25.7 Å². The number of aliphatic carboxylic acids is 1. The predicted octanol–water partition coefficient (Wildman–Crippen LogP) is -1.07. The first-order valence-corrected chi connectivity index (χ1v) is 15.8. The second kappa shape index (κ2) is 16.2. The number of nitrogens with zero attached hydrogens (tertiary/aromatic N) is 1. The van der Waals surface area contributed by atoms with Crippen molar-refractivity contribution in [2.24, 2.45) is 11.8 Å². The zero-order valence-corrected chi connectivity index (χ0v) is 26.9. The molecule has 7 atom stereocenters. The number of carboxylic acids is 1. The lowest BCUT2D eigenvalue weighted by molar-refractivity contribution is -0.156. The molecule has 0 aromatic heterocycles. The second-order valence-corrected chi connectivity index (χ2v) is 12.9. The average molecular weight is 654 g/mol. The van der Waals surface area contributed by atoms with Gasteiger partial charge in [-0.25, -0.2) is 0 Å². The van der Waals surface area contributed by atoms with Crippen LogP contribution in [-0.4, -0.2) is 112 Å². The summed E-state index contributed by atoms with van der Waals surface area (Å²) in [6, 6.07) is -6.00. The van der Waals surface area contributed by atoms with E-state index < -0.39 is 96.4 Å². The minimum atomic E-state index is -1.58. The van der Waals surface area contributed by atoms with E-state index in [1.54, 1.807) is 27.7 Å². The number of hydrogen-bond donors (Lipinski definition) is 6. The van der Waals surface area contributed by atoms with Crippen molar-refractivity contribution in [2.75, 3.05) is 6.54 Å². The normalized spacial score (nSPS) is 25.1. The molecule has 258 valence electrons. The molecule has 16 heteroatoms. The number of rotatable bonds is 14. The van der Waals surface area contributed by atoms with Crippen LogP contribution in [0.2, 0.25) is 0 Å². The molecular formula is C30H47N5O11. The van der Waals surface area contributed by atoms with Gasteiger partial charge in [0, 0.05) is 13.5 Å². The summed E-state index contributed by atoms with van der Waals surface area (Å²) in [5, 5.41) is 29.6. The van der Waals surface area contributed by atoms with Crippen LogP contribution in [-0.2, 0) is 43.0 Å². The number of carbonyl (C=O) groups excluding carboxylic acids is 6. The molecule has 16 nitrogen and oxygen atoms in total.